The van der Waals surface area contributed by atoms with Gasteiger partial charge in [-0.25, -0.2) is 4.79 Å². The zero-order chi connectivity index (χ0) is 15.4. The quantitative estimate of drug-likeness (QED) is 0.795. The van der Waals surface area contributed by atoms with Crippen molar-refractivity contribution in [3.05, 3.63) is 51.9 Å². The molecule has 1 heterocycles. The SMILES string of the molecule is CSCc1ccc(C(Nc2cc(Cl)cc(Cl)c2)C(=O)O)o1. The van der Waals surface area contributed by atoms with E-state index < -0.39 is 12.0 Å². The first-order chi connectivity index (χ1) is 9.99. The molecule has 2 N–H and O–H groups in total. The molecule has 0 fully saturated rings. The van der Waals surface area contributed by atoms with E-state index >= 15 is 0 Å². The molecule has 0 spiro atoms. The van der Waals surface area contributed by atoms with Gasteiger partial charge in [0.15, 0.2) is 6.04 Å². The Morgan fingerprint density at radius 2 is 2.00 bits per heavy atom. The van der Waals surface area contributed by atoms with Crippen LogP contribution in [0.1, 0.15) is 17.6 Å². The van der Waals surface area contributed by atoms with E-state index in [0.29, 0.717) is 27.2 Å². The van der Waals surface area contributed by atoms with Gasteiger partial charge in [-0.1, -0.05) is 23.2 Å². The molecule has 0 radical (unpaired) electrons. The fraction of sp³-hybridized carbons (Fsp3) is 0.214. The number of hydrogen-bond acceptors (Lipinski definition) is 4. The molecular weight excluding hydrogens is 333 g/mol. The maximum atomic E-state index is 11.4. The van der Waals surface area contributed by atoms with Crippen LogP contribution in [0, 0.1) is 0 Å². The Kier molecular flexibility index (Phi) is 5.45. The summed E-state index contributed by atoms with van der Waals surface area (Å²) in [7, 11) is 0. The second-order valence-corrected chi connectivity index (χ2v) is 6.05. The predicted octanol–water partition coefficient (Wildman–Crippen LogP) is 4.69. The minimum Gasteiger partial charge on any atom is -0.479 e. The molecule has 0 aliphatic carbocycles. The van der Waals surface area contributed by atoms with E-state index in [1.54, 1.807) is 42.1 Å². The number of nitrogens with one attached hydrogen (secondary N) is 1. The molecular formula is C14H13Cl2NO3S. The molecule has 1 unspecified atom stereocenters. The fourth-order valence-corrected chi connectivity index (χ4v) is 2.79. The molecule has 0 aliphatic heterocycles. The number of anilines is 1. The van der Waals surface area contributed by atoms with E-state index in [1.165, 1.54) is 0 Å². The third-order valence-electron chi connectivity index (χ3n) is 2.67. The minimum absolute atomic E-state index is 0.336. The Morgan fingerprint density at radius 1 is 1.33 bits per heavy atom. The molecule has 2 aromatic rings. The lowest BCUT2D eigenvalue weighted by Gasteiger charge is -2.14. The normalized spacial score (nSPS) is 12.1. The summed E-state index contributed by atoms with van der Waals surface area (Å²) in [5, 5.41) is 13.1. The molecule has 0 saturated carbocycles. The van der Waals surface area contributed by atoms with Crippen LogP contribution in [0.2, 0.25) is 10.0 Å². The van der Waals surface area contributed by atoms with Crippen molar-refractivity contribution in [2.45, 2.75) is 11.8 Å². The van der Waals surface area contributed by atoms with Crippen molar-refractivity contribution in [2.75, 3.05) is 11.6 Å². The molecule has 21 heavy (non-hydrogen) atoms. The van der Waals surface area contributed by atoms with Gasteiger partial charge in [-0.2, -0.15) is 11.8 Å². The summed E-state index contributed by atoms with van der Waals surface area (Å²) < 4.78 is 5.55. The second kappa shape index (κ2) is 7.11. The number of thioether (sulfide) groups is 1. The number of carboxylic acid groups (broad SMARTS) is 1. The Labute approximate surface area is 136 Å². The van der Waals surface area contributed by atoms with E-state index in [4.69, 9.17) is 27.6 Å². The summed E-state index contributed by atoms with van der Waals surface area (Å²) in [5.41, 5.74) is 0.516. The highest BCUT2D eigenvalue weighted by Gasteiger charge is 2.23. The summed E-state index contributed by atoms with van der Waals surface area (Å²) in [5.74, 6) is 0.712. The zero-order valence-corrected chi connectivity index (χ0v) is 13.4. The fourth-order valence-electron chi connectivity index (χ4n) is 1.83. The first-order valence-corrected chi connectivity index (χ1v) is 8.17. The lowest BCUT2D eigenvalue weighted by molar-refractivity contribution is -0.138. The minimum atomic E-state index is -1.05. The van der Waals surface area contributed by atoms with Crippen molar-refractivity contribution in [3.63, 3.8) is 0 Å². The van der Waals surface area contributed by atoms with E-state index in [-0.39, 0.29) is 0 Å². The Hall–Kier alpha value is -1.30. The van der Waals surface area contributed by atoms with E-state index in [0.717, 1.165) is 5.76 Å². The number of rotatable bonds is 6. The van der Waals surface area contributed by atoms with Crippen LogP contribution in [0.5, 0.6) is 0 Å². The highest BCUT2D eigenvalue weighted by molar-refractivity contribution is 7.97. The van der Waals surface area contributed by atoms with Crippen molar-refractivity contribution in [3.8, 4) is 0 Å². The maximum absolute atomic E-state index is 11.4. The lowest BCUT2D eigenvalue weighted by Crippen LogP contribution is -2.19. The standard InChI is InChI=1S/C14H13Cl2NO3S/c1-21-7-11-2-3-12(20-11)13(14(18)19)17-10-5-8(15)4-9(16)6-10/h2-6,13,17H,7H2,1H3,(H,18,19). The predicted molar refractivity (Wildman–Crippen MR) is 86.4 cm³/mol. The van der Waals surface area contributed by atoms with E-state index in [1.807, 2.05) is 6.26 Å². The van der Waals surface area contributed by atoms with E-state index in [9.17, 15) is 9.90 Å². The molecule has 1 atom stereocenters. The van der Waals surface area contributed by atoms with E-state index in [2.05, 4.69) is 5.32 Å². The Balaban J connectivity index is 2.24. The Morgan fingerprint density at radius 3 is 2.57 bits per heavy atom. The maximum Gasteiger partial charge on any atom is 0.334 e. The summed E-state index contributed by atoms with van der Waals surface area (Å²) >= 11 is 13.4. The molecule has 2 rings (SSSR count). The van der Waals surface area contributed by atoms with Crippen molar-refractivity contribution >= 4 is 46.6 Å². The van der Waals surface area contributed by atoms with Crippen LogP contribution in [-0.4, -0.2) is 17.3 Å². The number of carbonyl (C=O) groups is 1. The van der Waals surface area contributed by atoms with Gasteiger partial charge in [-0.15, -0.1) is 0 Å². The Bertz CT molecular complexity index is 625. The van der Waals surface area contributed by atoms with Crippen molar-refractivity contribution in [1.82, 2.24) is 0 Å². The molecule has 4 nitrogen and oxygen atoms in total. The summed E-state index contributed by atoms with van der Waals surface area (Å²) in [4.78, 5) is 11.4. The molecule has 1 aromatic heterocycles. The molecule has 7 heteroatoms. The third kappa shape index (κ3) is 4.33. The van der Waals surface area contributed by atoms with Crippen LogP contribution < -0.4 is 5.32 Å². The van der Waals surface area contributed by atoms with Crippen LogP contribution in [0.4, 0.5) is 5.69 Å². The van der Waals surface area contributed by atoms with Crippen LogP contribution in [0.25, 0.3) is 0 Å². The molecule has 112 valence electrons. The second-order valence-electron chi connectivity index (χ2n) is 4.31. The van der Waals surface area contributed by atoms with Crippen LogP contribution in [0.15, 0.2) is 34.7 Å². The number of furan rings is 1. The van der Waals surface area contributed by atoms with Crippen LogP contribution in [-0.2, 0) is 10.5 Å². The number of benzene rings is 1. The highest BCUT2D eigenvalue weighted by atomic mass is 35.5. The van der Waals surface area contributed by atoms with Crippen LogP contribution in [0.3, 0.4) is 0 Å². The number of carboxylic acids is 1. The van der Waals surface area contributed by atoms with Gasteiger partial charge in [-0.05, 0) is 36.6 Å². The van der Waals surface area contributed by atoms with Crippen molar-refractivity contribution in [2.24, 2.45) is 0 Å². The van der Waals surface area contributed by atoms with Crippen molar-refractivity contribution < 1.29 is 14.3 Å². The number of halogens is 2. The van der Waals surface area contributed by atoms with Gasteiger partial charge in [0, 0.05) is 15.7 Å². The molecule has 0 bridgehead atoms. The van der Waals surface area contributed by atoms with Gasteiger partial charge in [0.2, 0.25) is 0 Å². The number of aliphatic carboxylic acids is 1. The third-order valence-corrected chi connectivity index (χ3v) is 3.68. The molecule has 0 amide bonds. The molecule has 1 aromatic carbocycles. The first kappa shape index (κ1) is 16.1. The van der Waals surface area contributed by atoms with Crippen molar-refractivity contribution in [1.29, 1.82) is 0 Å². The summed E-state index contributed by atoms with van der Waals surface area (Å²) in [6, 6.07) is 7.21. The van der Waals surface area contributed by atoms with Crippen LogP contribution >= 0.6 is 35.0 Å². The summed E-state index contributed by atoms with van der Waals surface area (Å²) in [6.45, 7) is 0. The van der Waals surface area contributed by atoms with Gasteiger partial charge >= 0.3 is 5.97 Å². The molecule has 0 saturated heterocycles. The smallest absolute Gasteiger partial charge is 0.334 e. The van der Waals surface area contributed by atoms with Gasteiger partial charge in [-0.3, -0.25) is 0 Å². The number of hydrogen-bond donors (Lipinski definition) is 2. The average molecular weight is 346 g/mol. The van der Waals surface area contributed by atoms with Gasteiger partial charge in [0.1, 0.15) is 11.5 Å². The molecule has 0 aliphatic rings. The summed E-state index contributed by atoms with van der Waals surface area (Å²) in [6.07, 6.45) is 1.95. The largest absolute Gasteiger partial charge is 0.479 e. The van der Waals surface area contributed by atoms with Gasteiger partial charge in [0.05, 0.1) is 5.75 Å². The topological polar surface area (TPSA) is 62.5 Å². The van der Waals surface area contributed by atoms with Gasteiger partial charge in [0.25, 0.3) is 0 Å². The average Bonchev–Trinajstić information content (AvgIpc) is 2.83. The zero-order valence-electron chi connectivity index (χ0n) is 11.1. The monoisotopic (exact) mass is 345 g/mol. The highest BCUT2D eigenvalue weighted by Crippen LogP contribution is 2.27. The lowest BCUT2D eigenvalue weighted by atomic mass is 10.2. The first-order valence-electron chi connectivity index (χ1n) is 6.02. The van der Waals surface area contributed by atoms with Gasteiger partial charge < -0.3 is 14.8 Å².